The topological polar surface area (TPSA) is 60.8 Å². The summed E-state index contributed by atoms with van der Waals surface area (Å²) < 4.78 is 0. The van der Waals surface area contributed by atoms with Gasteiger partial charge in [-0.05, 0) is 48.2 Å². The number of hydrogen-bond donors (Lipinski definition) is 2. The molecule has 3 rings (SSSR count). The van der Waals surface area contributed by atoms with E-state index in [2.05, 4.69) is 6.92 Å². The largest absolute Gasteiger partial charge is 0.508 e. The summed E-state index contributed by atoms with van der Waals surface area (Å²) in [5.74, 6) is -0.0221. The second-order valence-electron chi connectivity index (χ2n) is 5.96. The molecule has 120 valence electrons. The summed E-state index contributed by atoms with van der Waals surface area (Å²) in [6.45, 7) is 2.02. The molecule has 1 aliphatic heterocycles. The summed E-state index contributed by atoms with van der Waals surface area (Å²) >= 11 is 0. The first-order chi connectivity index (χ1) is 11.1. The van der Waals surface area contributed by atoms with Gasteiger partial charge in [-0.3, -0.25) is 4.79 Å². The number of rotatable bonds is 5. The van der Waals surface area contributed by atoms with Gasteiger partial charge in [-0.15, -0.1) is 0 Å². The molecule has 2 atom stereocenters. The average Bonchev–Trinajstić information content (AvgIpc) is 2.57. The van der Waals surface area contributed by atoms with E-state index in [9.17, 15) is 15.0 Å². The molecule has 4 nitrogen and oxygen atoms in total. The summed E-state index contributed by atoms with van der Waals surface area (Å²) in [6, 6.07) is 14.6. The summed E-state index contributed by atoms with van der Waals surface area (Å²) in [6.07, 6.45) is 1.49. The first-order valence-electron chi connectivity index (χ1n) is 7.94. The number of carbonyl (C=O) groups is 1. The minimum absolute atomic E-state index is 0.0247. The highest BCUT2D eigenvalue weighted by molar-refractivity contribution is 6.03. The lowest BCUT2D eigenvalue weighted by atomic mass is 9.82. The van der Waals surface area contributed by atoms with Crippen molar-refractivity contribution < 1.29 is 15.0 Å². The number of aromatic hydroxyl groups is 1. The van der Waals surface area contributed by atoms with E-state index in [0.717, 1.165) is 17.7 Å². The number of phenols is 1. The van der Waals surface area contributed by atoms with Crippen molar-refractivity contribution in [3.05, 3.63) is 59.7 Å². The van der Waals surface area contributed by atoms with Crippen LogP contribution in [0.2, 0.25) is 0 Å². The zero-order chi connectivity index (χ0) is 16.4. The monoisotopic (exact) mass is 311 g/mol. The number of aliphatic hydroxyl groups excluding tert-OH is 1. The van der Waals surface area contributed by atoms with Crippen LogP contribution in [0.3, 0.4) is 0 Å². The summed E-state index contributed by atoms with van der Waals surface area (Å²) in [7, 11) is 0. The van der Waals surface area contributed by atoms with E-state index in [1.807, 2.05) is 30.3 Å². The van der Waals surface area contributed by atoms with Gasteiger partial charge in [0.25, 0.3) is 0 Å². The number of β-lactam (4-membered cyclic amide) rings is 1. The molecule has 0 unspecified atom stereocenters. The van der Waals surface area contributed by atoms with Crippen LogP contribution in [0.15, 0.2) is 48.5 Å². The number of amides is 1. The van der Waals surface area contributed by atoms with Gasteiger partial charge in [0.15, 0.2) is 0 Å². The van der Waals surface area contributed by atoms with Crippen LogP contribution in [0.4, 0.5) is 5.69 Å². The van der Waals surface area contributed by atoms with Crippen molar-refractivity contribution in [2.45, 2.75) is 25.8 Å². The highest BCUT2D eigenvalue weighted by Gasteiger charge is 2.47. The van der Waals surface area contributed by atoms with Crippen molar-refractivity contribution >= 4 is 11.6 Å². The van der Waals surface area contributed by atoms with E-state index >= 15 is 0 Å². The van der Waals surface area contributed by atoms with Gasteiger partial charge in [-0.2, -0.15) is 0 Å². The van der Waals surface area contributed by atoms with Crippen LogP contribution in [-0.4, -0.2) is 28.8 Å². The molecule has 4 heteroatoms. The van der Waals surface area contributed by atoms with Gasteiger partial charge >= 0.3 is 0 Å². The summed E-state index contributed by atoms with van der Waals surface area (Å²) in [5, 5.41) is 19.2. The maximum absolute atomic E-state index is 12.5. The van der Waals surface area contributed by atoms with Crippen molar-refractivity contribution in [2.24, 2.45) is 5.92 Å². The van der Waals surface area contributed by atoms with Crippen LogP contribution in [0.1, 0.15) is 18.1 Å². The van der Waals surface area contributed by atoms with E-state index in [-0.39, 0.29) is 30.2 Å². The van der Waals surface area contributed by atoms with E-state index < -0.39 is 0 Å². The molecule has 2 aromatic carbocycles. The van der Waals surface area contributed by atoms with Crippen molar-refractivity contribution in [3.8, 4) is 5.75 Å². The number of nitrogens with zero attached hydrogens (tertiary/aromatic N) is 1. The Kier molecular flexibility index (Phi) is 4.35. The predicted octanol–water partition coefficient (Wildman–Crippen LogP) is 2.52. The number of carbonyl (C=O) groups excluding carboxylic acids is 1. The molecule has 0 aliphatic carbocycles. The van der Waals surface area contributed by atoms with Gasteiger partial charge in [-0.25, -0.2) is 0 Å². The highest BCUT2D eigenvalue weighted by atomic mass is 16.3. The lowest BCUT2D eigenvalue weighted by Crippen LogP contribution is -2.63. The molecule has 0 bridgehead atoms. The second kappa shape index (κ2) is 6.42. The molecule has 0 aromatic heterocycles. The molecule has 1 aliphatic rings. The molecule has 0 spiro atoms. The van der Waals surface area contributed by atoms with Crippen LogP contribution in [0.5, 0.6) is 5.75 Å². The van der Waals surface area contributed by atoms with Gasteiger partial charge in [-0.1, -0.05) is 31.2 Å². The van der Waals surface area contributed by atoms with E-state index in [0.29, 0.717) is 6.42 Å². The quantitative estimate of drug-likeness (QED) is 0.834. The maximum Gasteiger partial charge on any atom is 0.232 e. The molecular formula is C19H21NO3. The Balaban J connectivity index is 1.76. The standard InChI is InChI=1S/C19H21NO3/c1-2-13-6-8-15(9-7-13)20-18(12-21)17(19(20)23)11-14-4-3-5-16(22)10-14/h3-10,17-18,21-22H,2,11-12H2,1H3/t17-,18+/m0/s1. The third-order valence-corrected chi connectivity index (χ3v) is 4.53. The minimum Gasteiger partial charge on any atom is -0.508 e. The van der Waals surface area contributed by atoms with Crippen molar-refractivity contribution in [1.29, 1.82) is 0 Å². The number of aryl methyl sites for hydroxylation is 1. The molecule has 23 heavy (non-hydrogen) atoms. The normalized spacial score (nSPS) is 20.4. The molecule has 1 amide bonds. The van der Waals surface area contributed by atoms with Crippen molar-refractivity contribution in [3.63, 3.8) is 0 Å². The van der Waals surface area contributed by atoms with Gasteiger partial charge in [0.1, 0.15) is 5.75 Å². The number of phenolic OH excluding ortho intramolecular Hbond substituents is 1. The van der Waals surface area contributed by atoms with Crippen LogP contribution in [0, 0.1) is 5.92 Å². The third kappa shape index (κ3) is 2.94. The Morgan fingerprint density at radius 1 is 1.09 bits per heavy atom. The molecular weight excluding hydrogens is 290 g/mol. The zero-order valence-corrected chi connectivity index (χ0v) is 13.1. The molecule has 2 N–H and O–H groups in total. The van der Waals surface area contributed by atoms with Gasteiger partial charge in [0.05, 0.1) is 18.6 Å². The fourth-order valence-corrected chi connectivity index (χ4v) is 3.19. The molecule has 0 saturated carbocycles. The first kappa shape index (κ1) is 15.6. The van der Waals surface area contributed by atoms with Crippen LogP contribution in [0.25, 0.3) is 0 Å². The Morgan fingerprint density at radius 2 is 1.83 bits per heavy atom. The van der Waals surface area contributed by atoms with Crippen LogP contribution < -0.4 is 4.90 Å². The van der Waals surface area contributed by atoms with Gasteiger partial charge < -0.3 is 15.1 Å². The third-order valence-electron chi connectivity index (χ3n) is 4.53. The fraction of sp³-hybridized carbons (Fsp3) is 0.316. The second-order valence-corrected chi connectivity index (χ2v) is 5.96. The molecule has 2 aromatic rings. The zero-order valence-electron chi connectivity index (χ0n) is 13.1. The molecule has 1 heterocycles. The van der Waals surface area contributed by atoms with Crippen molar-refractivity contribution in [1.82, 2.24) is 0 Å². The fourth-order valence-electron chi connectivity index (χ4n) is 3.19. The van der Waals surface area contributed by atoms with E-state index in [1.165, 1.54) is 5.56 Å². The lowest BCUT2D eigenvalue weighted by Gasteiger charge is -2.46. The summed E-state index contributed by atoms with van der Waals surface area (Å²) in [4.78, 5) is 14.2. The Hall–Kier alpha value is -2.33. The molecule has 1 saturated heterocycles. The van der Waals surface area contributed by atoms with Crippen molar-refractivity contribution in [2.75, 3.05) is 11.5 Å². The first-order valence-corrected chi connectivity index (χ1v) is 7.94. The number of aliphatic hydroxyl groups is 1. The van der Waals surface area contributed by atoms with E-state index in [1.54, 1.807) is 23.1 Å². The number of hydrogen-bond acceptors (Lipinski definition) is 3. The number of anilines is 1. The average molecular weight is 311 g/mol. The Morgan fingerprint density at radius 3 is 2.43 bits per heavy atom. The predicted molar refractivity (Wildman–Crippen MR) is 89.5 cm³/mol. The van der Waals surface area contributed by atoms with Crippen LogP contribution >= 0.6 is 0 Å². The Labute approximate surface area is 136 Å². The molecule has 1 fully saturated rings. The summed E-state index contributed by atoms with van der Waals surface area (Å²) in [5.41, 5.74) is 2.96. The Bertz CT molecular complexity index is 696. The lowest BCUT2D eigenvalue weighted by molar-refractivity contribution is -0.131. The number of benzene rings is 2. The molecule has 0 radical (unpaired) electrons. The van der Waals surface area contributed by atoms with Gasteiger partial charge in [0.2, 0.25) is 5.91 Å². The smallest absolute Gasteiger partial charge is 0.232 e. The highest BCUT2D eigenvalue weighted by Crippen LogP contribution is 2.35. The van der Waals surface area contributed by atoms with Gasteiger partial charge in [0, 0.05) is 5.69 Å². The SMILES string of the molecule is CCc1ccc(N2C(=O)[C@@H](Cc3cccc(O)c3)[C@H]2CO)cc1. The van der Waals surface area contributed by atoms with Crippen LogP contribution in [-0.2, 0) is 17.6 Å². The minimum atomic E-state index is -0.243. The van der Waals surface area contributed by atoms with E-state index in [4.69, 9.17) is 0 Å². The maximum atomic E-state index is 12.5.